The number of nitrogens with two attached hydrogens (primary N) is 1. The van der Waals surface area contributed by atoms with Gasteiger partial charge in [-0.05, 0) is 12.1 Å². The Balaban J connectivity index is 2.27. The molecule has 0 saturated carbocycles. The molecule has 1 aromatic heterocycles. The molecule has 0 aliphatic rings. The van der Waals surface area contributed by atoms with Gasteiger partial charge in [0.15, 0.2) is 0 Å². The fourth-order valence-corrected chi connectivity index (χ4v) is 1.47. The molecular weight excluding hydrogens is 252 g/mol. The van der Waals surface area contributed by atoms with Crippen molar-refractivity contribution in [2.45, 2.75) is 0 Å². The molecule has 2 aromatic rings. The fraction of sp³-hybridized carbons (Fsp3) is 0. The highest BCUT2D eigenvalue weighted by atomic mass is 16.6. The molecule has 19 heavy (non-hydrogen) atoms. The highest BCUT2D eigenvalue weighted by Crippen LogP contribution is 2.24. The van der Waals surface area contributed by atoms with Gasteiger partial charge < -0.3 is 10.7 Å². The van der Waals surface area contributed by atoms with Crippen LogP contribution in [0.5, 0.6) is 0 Å². The van der Waals surface area contributed by atoms with Crippen molar-refractivity contribution in [1.82, 2.24) is 10.2 Å². The number of nitro groups is 1. The number of aromatic amines is 1. The van der Waals surface area contributed by atoms with Gasteiger partial charge in [-0.1, -0.05) is 0 Å². The van der Waals surface area contributed by atoms with Gasteiger partial charge in [-0.15, -0.1) is 0 Å². The lowest BCUT2D eigenvalue weighted by Gasteiger charge is -2.05. The maximum Gasteiger partial charge on any atom is 0.294 e. The maximum atomic E-state index is 11.9. The number of nitrogens with one attached hydrogen (secondary N) is 3. The Kier molecular flexibility index (Phi) is 3.39. The first-order valence-corrected chi connectivity index (χ1v) is 5.17. The summed E-state index contributed by atoms with van der Waals surface area (Å²) in [7, 11) is 0. The topological polar surface area (TPSA) is 139 Å². The molecule has 0 saturated heterocycles. The van der Waals surface area contributed by atoms with E-state index < -0.39 is 10.8 Å². The van der Waals surface area contributed by atoms with Crippen LogP contribution in [0.2, 0.25) is 0 Å². The van der Waals surface area contributed by atoms with Crippen LogP contribution in [-0.4, -0.2) is 21.0 Å². The maximum absolute atomic E-state index is 11.9. The van der Waals surface area contributed by atoms with E-state index in [-0.39, 0.29) is 16.9 Å². The lowest BCUT2D eigenvalue weighted by Crippen LogP contribution is -2.13. The van der Waals surface area contributed by atoms with Crippen molar-refractivity contribution >= 4 is 23.0 Å². The first kappa shape index (κ1) is 12.5. The van der Waals surface area contributed by atoms with Crippen LogP contribution in [0.4, 0.5) is 17.1 Å². The number of benzene rings is 1. The highest BCUT2D eigenvalue weighted by molar-refractivity contribution is 6.04. The molecule has 9 heteroatoms. The van der Waals surface area contributed by atoms with Crippen molar-refractivity contribution in [2.24, 2.45) is 5.84 Å². The molecule has 0 atom stereocenters. The Morgan fingerprint density at radius 1 is 1.47 bits per heavy atom. The first-order valence-electron chi connectivity index (χ1n) is 5.17. The van der Waals surface area contributed by atoms with E-state index in [4.69, 9.17) is 5.84 Å². The number of H-pyrrole nitrogens is 1. The lowest BCUT2D eigenvalue weighted by atomic mass is 10.1. The van der Waals surface area contributed by atoms with E-state index in [1.807, 2.05) is 0 Å². The standard InChI is InChI=1S/C10H10N6O3/c11-15-8-2-1-6(3-9(8)16(18)19)10(17)14-7-4-12-13-5-7/h1-5,15H,11H2,(H,12,13)(H,14,17). The largest absolute Gasteiger partial charge is 0.319 e. The van der Waals surface area contributed by atoms with Crippen molar-refractivity contribution in [3.05, 3.63) is 46.3 Å². The minimum atomic E-state index is -0.621. The third kappa shape index (κ3) is 2.66. The summed E-state index contributed by atoms with van der Waals surface area (Å²) in [6, 6.07) is 3.94. The molecule has 5 N–H and O–H groups in total. The Bertz CT molecular complexity index is 610. The average molecular weight is 262 g/mol. The van der Waals surface area contributed by atoms with E-state index in [0.29, 0.717) is 5.69 Å². The quantitative estimate of drug-likeness (QED) is 0.366. The van der Waals surface area contributed by atoms with Crippen molar-refractivity contribution in [3.8, 4) is 0 Å². The number of amides is 1. The van der Waals surface area contributed by atoms with E-state index in [0.717, 1.165) is 6.07 Å². The molecule has 0 unspecified atom stereocenters. The third-order valence-electron chi connectivity index (χ3n) is 2.37. The van der Waals surface area contributed by atoms with Crippen LogP contribution in [-0.2, 0) is 0 Å². The van der Waals surface area contributed by atoms with Crippen LogP contribution in [0.3, 0.4) is 0 Å². The molecule has 0 spiro atoms. The van der Waals surface area contributed by atoms with Crippen molar-refractivity contribution < 1.29 is 9.72 Å². The normalized spacial score (nSPS) is 9.95. The van der Waals surface area contributed by atoms with Crippen molar-refractivity contribution in [2.75, 3.05) is 10.7 Å². The van der Waals surface area contributed by atoms with Crippen LogP contribution in [0.1, 0.15) is 10.4 Å². The Labute approximate surface area is 106 Å². The number of hydrazine groups is 1. The summed E-state index contributed by atoms with van der Waals surface area (Å²) < 4.78 is 0. The van der Waals surface area contributed by atoms with Crippen LogP contribution < -0.4 is 16.6 Å². The van der Waals surface area contributed by atoms with E-state index in [2.05, 4.69) is 20.9 Å². The molecular formula is C10H10N6O3. The van der Waals surface area contributed by atoms with Crippen LogP contribution in [0.25, 0.3) is 0 Å². The second-order valence-corrected chi connectivity index (χ2v) is 3.57. The van der Waals surface area contributed by atoms with Gasteiger partial charge in [-0.3, -0.25) is 25.9 Å². The molecule has 1 heterocycles. The number of carbonyl (C=O) groups is 1. The van der Waals surface area contributed by atoms with Gasteiger partial charge in [0.1, 0.15) is 5.69 Å². The molecule has 2 rings (SSSR count). The van der Waals surface area contributed by atoms with Gasteiger partial charge in [-0.2, -0.15) is 5.10 Å². The van der Waals surface area contributed by atoms with Crippen LogP contribution in [0.15, 0.2) is 30.6 Å². The number of carbonyl (C=O) groups excluding carboxylic acids is 1. The summed E-state index contributed by atoms with van der Waals surface area (Å²) in [4.78, 5) is 22.1. The van der Waals surface area contributed by atoms with Gasteiger partial charge >= 0.3 is 0 Å². The van der Waals surface area contributed by atoms with E-state index in [1.54, 1.807) is 0 Å². The molecule has 98 valence electrons. The second-order valence-electron chi connectivity index (χ2n) is 3.57. The number of hydrogen-bond donors (Lipinski definition) is 4. The number of nitrogen functional groups attached to an aromatic ring is 1. The molecule has 1 aromatic carbocycles. The molecule has 0 radical (unpaired) electrons. The Hall–Kier alpha value is -2.94. The molecule has 0 aliphatic carbocycles. The summed E-state index contributed by atoms with van der Waals surface area (Å²) in [5.41, 5.74) is 2.67. The zero-order valence-corrected chi connectivity index (χ0v) is 9.58. The fourth-order valence-electron chi connectivity index (χ4n) is 1.47. The van der Waals surface area contributed by atoms with Crippen molar-refractivity contribution in [1.29, 1.82) is 0 Å². The molecule has 0 aliphatic heterocycles. The number of aromatic nitrogens is 2. The minimum Gasteiger partial charge on any atom is -0.319 e. The molecule has 0 fully saturated rings. The van der Waals surface area contributed by atoms with E-state index in [9.17, 15) is 14.9 Å². The number of anilines is 2. The molecule has 0 bridgehead atoms. The zero-order chi connectivity index (χ0) is 13.8. The van der Waals surface area contributed by atoms with Gasteiger partial charge in [0.2, 0.25) is 0 Å². The SMILES string of the molecule is NNc1ccc(C(=O)Nc2cn[nH]c2)cc1[N+](=O)[O-]. The summed E-state index contributed by atoms with van der Waals surface area (Å²) in [5, 5.41) is 19.6. The Morgan fingerprint density at radius 2 is 2.26 bits per heavy atom. The summed E-state index contributed by atoms with van der Waals surface area (Å²) in [5.74, 6) is 4.68. The average Bonchev–Trinajstić information content (AvgIpc) is 2.90. The summed E-state index contributed by atoms with van der Waals surface area (Å²) in [6.45, 7) is 0. The third-order valence-corrected chi connectivity index (χ3v) is 2.37. The summed E-state index contributed by atoms with van der Waals surface area (Å²) in [6.07, 6.45) is 2.91. The smallest absolute Gasteiger partial charge is 0.294 e. The van der Waals surface area contributed by atoms with Crippen LogP contribution in [0, 0.1) is 10.1 Å². The summed E-state index contributed by atoms with van der Waals surface area (Å²) >= 11 is 0. The van der Waals surface area contributed by atoms with Crippen molar-refractivity contribution in [3.63, 3.8) is 0 Å². The lowest BCUT2D eigenvalue weighted by molar-refractivity contribution is -0.384. The van der Waals surface area contributed by atoms with Gasteiger partial charge in [-0.25, -0.2) is 0 Å². The van der Waals surface area contributed by atoms with E-state index >= 15 is 0 Å². The molecule has 9 nitrogen and oxygen atoms in total. The Morgan fingerprint density at radius 3 is 2.84 bits per heavy atom. The predicted molar refractivity (Wildman–Crippen MR) is 67.4 cm³/mol. The van der Waals surface area contributed by atoms with Crippen LogP contribution >= 0.6 is 0 Å². The minimum absolute atomic E-state index is 0.130. The van der Waals surface area contributed by atoms with Gasteiger partial charge in [0, 0.05) is 17.8 Å². The van der Waals surface area contributed by atoms with Gasteiger partial charge in [0.25, 0.3) is 11.6 Å². The highest BCUT2D eigenvalue weighted by Gasteiger charge is 2.17. The second kappa shape index (κ2) is 5.14. The zero-order valence-electron chi connectivity index (χ0n) is 9.58. The predicted octanol–water partition coefficient (Wildman–Crippen LogP) is 0.856. The number of nitrogens with zero attached hydrogens (tertiary/aromatic N) is 2. The molecule has 1 amide bonds. The first-order chi connectivity index (χ1) is 9.11. The van der Waals surface area contributed by atoms with E-state index in [1.165, 1.54) is 24.5 Å². The van der Waals surface area contributed by atoms with Gasteiger partial charge in [0.05, 0.1) is 16.8 Å². The monoisotopic (exact) mass is 262 g/mol. The number of rotatable bonds is 4. The number of nitro benzene ring substituents is 1. The number of hydrogen-bond acceptors (Lipinski definition) is 6.